The van der Waals surface area contributed by atoms with Crippen molar-refractivity contribution in [2.24, 2.45) is 5.92 Å². The normalized spacial score (nSPS) is 26.5. The van der Waals surface area contributed by atoms with E-state index in [0.29, 0.717) is 0 Å². The topological polar surface area (TPSA) is 41.1 Å². The summed E-state index contributed by atoms with van der Waals surface area (Å²) < 4.78 is 0. The van der Waals surface area contributed by atoms with Crippen molar-refractivity contribution in [1.29, 1.82) is 0 Å². The Hall–Kier alpha value is -1.16. The Morgan fingerprint density at radius 2 is 2.11 bits per heavy atom. The summed E-state index contributed by atoms with van der Waals surface area (Å²) in [6, 6.07) is 0.725. The summed E-state index contributed by atoms with van der Waals surface area (Å²) in [4.78, 5) is 11.7. The van der Waals surface area contributed by atoms with E-state index >= 15 is 0 Å². The minimum atomic E-state index is 0.725. The van der Waals surface area contributed by atoms with Gasteiger partial charge in [-0.1, -0.05) is 13.3 Å². The molecule has 1 aliphatic heterocycles. The molecule has 2 atom stereocenters. The number of nitrogens with one attached hydrogen (secondary N) is 1. The van der Waals surface area contributed by atoms with Gasteiger partial charge in [0.1, 0.15) is 5.82 Å². The molecule has 1 saturated heterocycles. The van der Waals surface area contributed by atoms with Crippen molar-refractivity contribution in [2.75, 3.05) is 18.0 Å². The standard InChI is InChI=1S/C15H24N4/c1-2-16-9-13-10-18-15(11-17-13)19-8-4-6-12-5-3-7-14(12)19/h10-12,14,16H,2-9H2,1H3. The Kier molecular flexibility index (Phi) is 3.97. The first-order valence-electron chi connectivity index (χ1n) is 7.66. The minimum absolute atomic E-state index is 0.725. The largest absolute Gasteiger partial charge is 0.352 e. The van der Waals surface area contributed by atoms with Crippen LogP contribution in [0.2, 0.25) is 0 Å². The molecule has 2 aliphatic rings. The monoisotopic (exact) mass is 260 g/mol. The Balaban J connectivity index is 1.70. The molecule has 19 heavy (non-hydrogen) atoms. The maximum absolute atomic E-state index is 4.64. The Morgan fingerprint density at radius 1 is 1.21 bits per heavy atom. The molecule has 0 aromatic carbocycles. The van der Waals surface area contributed by atoms with Crippen LogP contribution < -0.4 is 10.2 Å². The van der Waals surface area contributed by atoms with Gasteiger partial charge < -0.3 is 10.2 Å². The lowest BCUT2D eigenvalue weighted by Crippen LogP contribution is -2.43. The fourth-order valence-corrected chi connectivity index (χ4v) is 3.58. The van der Waals surface area contributed by atoms with E-state index in [1.54, 1.807) is 0 Å². The van der Waals surface area contributed by atoms with E-state index in [2.05, 4.69) is 27.1 Å². The zero-order chi connectivity index (χ0) is 13.1. The van der Waals surface area contributed by atoms with Gasteiger partial charge in [0, 0.05) is 19.1 Å². The highest BCUT2D eigenvalue weighted by Gasteiger charge is 2.35. The molecule has 1 aromatic rings. The number of hydrogen-bond donors (Lipinski definition) is 1. The summed E-state index contributed by atoms with van der Waals surface area (Å²) in [5.41, 5.74) is 1.03. The second-order valence-corrected chi connectivity index (χ2v) is 5.74. The average molecular weight is 260 g/mol. The van der Waals surface area contributed by atoms with Crippen molar-refractivity contribution in [3.63, 3.8) is 0 Å². The van der Waals surface area contributed by atoms with Gasteiger partial charge in [-0.2, -0.15) is 0 Å². The number of fused-ring (bicyclic) bond motifs is 1. The molecule has 104 valence electrons. The smallest absolute Gasteiger partial charge is 0.147 e. The van der Waals surface area contributed by atoms with Crippen LogP contribution in [0, 0.1) is 5.92 Å². The van der Waals surface area contributed by atoms with Gasteiger partial charge in [0.2, 0.25) is 0 Å². The van der Waals surface area contributed by atoms with Crippen molar-refractivity contribution in [2.45, 2.75) is 51.6 Å². The molecule has 0 radical (unpaired) electrons. The molecule has 0 amide bonds. The van der Waals surface area contributed by atoms with Crippen LogP contribution in [0.1, 0.15) is 44.7 Å². The number of nitrogens with zero attached hydrogens (tertiary/aromatic N) is 3. The number of rotatable bonds is 4. The van der Waals surface area contributed by atoms with Gasteiger partial charge in [-0.15, -0.1) is 0 Å². The second-order valence-electron chi connectivity index (χ2n) is 5.74. The molecule has 4 heteroatoms. The third kappa shape index (κ3) is 2.73. The highest BCUT2D eigenvalue weighted by atomic mass is 15.2. The van der Waals surface area contributed by atoms with Gasteiger partial charge in [0.05, 0.1) is 18.1 Å². The van der Waals surface area contributed by atoms with E-state index in [-0.39, 0.29) is 0 Å². The fraction of sp³-hybridized carbons (Fsp3) is 0.733. The van der Waals surface area contributed by atoms with Crippen LogP contribution in [0.4, 0.5) is 5.82 Å². The lowest BCUT2D eigenvalue weighted by Gasteiger charge is -2.38. The van der Waals surface area contributed by atoms with Crippen molar-refractivity contribution >= 4 is 5.82 Å². The first-order valence-corrected chi connectivity index (χ1v) is 7.66. The number of anilines is 1. The molecular formula is C15H24N4. The van der Waals surface area contributed by atoms with Crippen LogP contribution in [-0.2, 0) is 6.54 Å². The van der Waals surface area contributed by atoms with Gasteiger partial charge in [-0.25, -0.2) is 4.98 Å². The highest BCUT2D eigenvalue weighted by Crippen LogP contribution is 2.38. The predicted molar refractivity (Wildman–Crippen MR) is 77.1 cm³/mol. The molecule has 1 aromatic heterocycles. The maximum Gasteiger partial charge on any atom is 0.147 e. The van der Waals surface area contributed by atoms with Gasteiger partial charge >= 0.3 is 0 Å². The second kappa shape index (κ2) is 5.87. The molecule has 2 fully saturated rings. The van der Waals surface area contributed by atoms with E-state index in [4.69, 9.17) is 0 Å². The molecular weight excluding hydrogens is 236 g/mol. The fourth-order valence-electron chi connectivity index (χ4n) is 3.58. The van der Waals surface area contributed by atoms with E-state index in [0.717, 1.165) is 43.1 Å². The molecule has 1 aliphatic carbocycles. The molecule has 0 bridgehead atoms. The summed E-state index contributed by atoms with van der Waals surface area (Å²) in [6.07, 6.45) is 10.7. The summed E-state index contributed by atoms with van der Waals surface area (Å²) in [5, 5.41) is 3.28. The van der Waals surface area contributed by atoms with Crippen LogP contribution in [-0.4, -0.2) is 29.1 Å². The van der Waals surface area contributed by atoms with Gasteiger partial charge in [0.25, 0.3) is 0 Å². The molecule has 1 N–H and O–H groups in total. The molecule has 4 nitrogen and oxygen atoms in total. The maximum atomic E-state index is 4.64. The van der Waals surface area contributed by atoms with Crippen LogP contribution >= 0.6 is 0 Å². The Bertz CT molecular complexity index is 403. The Morgan fingerprint density at radius 3 is 2.89 bits per heavy atom. The van der Waals surface area contributed by atoms with E-state index in [1.165, 1.54) is 32.1 Å². The van der Waals surface area contributed by atoms with E-state index < -0.39 is 0 Å². The zero-order valence-electron chi connectivity index (χ0n) is 11.8. The van der Waals surface area contributed by atoms with Crippen molar-refractivity contribution in [3.05, 3.63) is 18.1 Å². The SMILES string of the molecule is CCNCc1cnc(N2CCCC3CCCC32)cn1. The van der Waals surface area contributed by atoms with E-state index in [9.17, 15) is 0 Å². The molecule has 0 spiro atoms. The van der Waals surface area contributed by atoms with Crippen LogP contribution in [0.15, 0.2) is 12.4 Å². The van der Waals surface area contributed by atoms with Crippen LogP contribution in [0.5, 0.6) is 0 Å². The highest BCUT2D eigenvalue weighted by molar-refractivity contribution is 5.39. The summed E-state index contributed by atoms with van der Waals surface area (Å²) >= 11 is 0. The van der Waals surface area contributed by atoms with Crippen molar-refractivity contribution < 1.29 is 0 Å². The molecule has 1 saturated carbocycles. The first kappa shape index (κ1) is 12.9. The van der Waals surface area contributed by atoms with Crippen LogP contribution in [0.3, 0.4) is 0 Å². The van der Waals surface area contributed by atoms with Gasteiger partial charge in [0.15, 0.2) is 0 Å². The third-order valence-electron chi connectivity index (χ3n) is 4.54. The predicted octanol–water partition coefficient (Wildman–Crippen LogP) is 2.36. The molecule has 2 unspecified atom stereocenters. The summed E-state index contributed by atoms with van der Waals surface area (Å²) in [7, 11) is 0. The number of hydrogen-bond acceptors (Lipinski definition) is 4. The van der Waals surface area contributed by atoms with Gasteiger partial charge in [-0.3, -0.25) is 4.98 Å². The quantitative estimate of drug-likeness (QED) is 0.902. The lowest BCUT2D eigenvalue weighted by atomic mass is 9.92. The Labute approximate surface area is 115 Å². The van der Waals surface area contributed by atoms with Gasteiger partial charge in [-0.05, 0) is 38.1 Å². The first-order chi connectivity index (χ1) is 9.38. The third-order valence-corrected chi connectivity index (χ3v) is 4.54. The molecule has 3 rings (SSSR count). The zero-order valence-corrected chi connectivity index (χ0v) is 11.8. The average Bonchev–Trinajstić information content (AvgIpc) is 2.94. The van der Waals surface area contributed by atoms with E-state index in [1.807, 2.05) is 12.4 Å². The lowest BCUT2D eigenvalue weighted by molar-refractivity contribution is 0.360. The number of piperidine rings is 1. The minimum Gasteiger partial charge on any atom is -0.352 e. The molecule has 2 heterocycles. The summed E-state index contributed by atoms with van der Waals surface area (Å²) in [6.45, 7) is 5.05. The van der Waals surface area contributed by atoms with Crippen molar-refractivity contribution in [1.82, 2.24) is 15.3 Å². The van der Waals surface area contributed by atoms with Crippen LogP contribution in [0.25, 0.3) is 0 Å². The number of aromatic nitrogens is 2. The summed E-state index contributed by atoms with van der Waals surface area (Å²) in [5.74, 6) is 1.98. The van der Waals surface area contributed by atoms with Crippen molar-refractivity contribution in [3.8, 4) is 0 Å².